The summed E-state index contributed by atoms with van der Waals surface area (Å²) in [4.78, 5) is 12.9. The monoisotopic (exact) mass is 494 g/mol. The van der Waals surface area contributed by atoms with E-state index in [4.69, 9.17) is 34.8 Å². The maximum absolute atomic E-state index is 13.2. The van der Waals surface area contributed by atoms with E-state index in [1.165, 1.54) is 16.4 Å². The molecule has 3 aromatic rings. The van der Waals surface area contributed by atoms with Crippen molar-refractivity contribution in [2.45, 2.75) is 24.3 Å². The molecule has 1 aliphatic rings. The molecule has 1 N–H and O–H groups in total. The summed E-state index contributed by atoms with van der Waals surface area (Å²) >= 11 is 17.8. The van der Waals surface area contributed by atoms with Gasteiger partial charge in [0, 0.05) is 22.3 Å². The number of carbonyl (C=O) groups is 1. The molecule has 1 heterocycles. The topological polar surface area (TPSA) is 66.5 Å². The van der Waals surface area contributed by atoms with Crippen LogP contribution in [0, 0.1) is 0 Å². The van der Waals surface area contributed by atoms with Crippen molar-refractivity contribution in [3.63, 3.8) is 0 Å². The molecule has 9 heteroatoms. The van der Waals surface area contributed by atoms with Gasteiger partial charge in [0.25, 0.3) is 15.9 Å². The fourth-order valence-electron chi connectivity index (χ4n) is 3.61. The number of benzene rings is 3. The molecule has 3 aromatic carbocycles. The minimum atomic E-state index is -3.76. The molecule has 0 bridgehead atoms. The van der Waals surface area contributed by atoms with Crippen LogP contribution < -0.4 is 9.62 Å². The normalized spacial score (nSPS) is 15.6. The van der Waals surface area contributed by atoms with Gasteiger partial charge in [0.1, 0.15) is 0 Å². The lowest BCUT2D eigenvalue weighted by atomic mass is 10.1. The van der Waals surface area contributed by atoms with Gasteiger partial charge in [-0.15, -0.1) is 0 Å². The Kier molecular flexibility index (Phi) is 5.92. The van der Waals surface area contributed by atoms with Crippen molar-refractivity contribution in [3.05, 3.63) is 86.9 Å². The smallest absolute Gasteiger partial charge is 0.264 e. The second-order valence-corrected chi connectivity index (χ2v) is 10.3. The number of hydrogen-bond acceptors (Lipinski definition) is 3. The summed E-state index contributed by atoms with van der Waals surface area (Å²) in [6.45, 7) is 1.84. The minimum absolute atomic E-state index is 0.165. The predicted molar refractivity (Wildman–Crippen MR) is 125 cm³/mol. The van der Waals surface area contributed by atoms with E-state index in [1.807, 2.05) is 6.92 Å². The number of hydrogen-bond donors (Lipinski definition) is 1. The van der Waals surface area contributed by atoms with Crippen LogP contribution >= 0.6 is 34.8 Å². The quantitative estimate of drug-likeness (QED) is 0.480. The lowest BCUT2D eigenvalue weighted by Gasteiger charge is -2.24. The number of carbonyl (C=O) groups excluding carboxylic acids is 1. The van der Waals surface area contributed by atoms with Crippen molar-refractivity contribution in [3.8, 4) is 0 Å². The third-order valence-electron chi connectivity index (χ3n) is 5.04. The molecule has 160 valence electrons. The van der Waals surface area contributed by atoms with Crippen molar-refractivity contribution < 1.29 is 13.2 Å². The molecule has 1 aliphatic heterocycles. The summed E-state index contributed by atoms with van der Waals surface area (Å²) < 4.78 is 27.8. The van der Waals surface area contributed by atoms with E-state index < -0.39 is 10.0 Å². The summed E-state index contributed by atoms with van der Waals surface area (Å²) in [5.74, 6) is -0.326. The number of nitrogens with zero attached hydrogens (tertiary/aromatic N) is 1. The van der Waals surface area contributed by atoms with Gasteiger partial charge in [-0.05, 0) is 79.6 Å². The highest BCUT2D eigenvalue weighted by molar-refractivity contribution is 7.92. The van der Waals surface area contributed by atoms with Gasteiger partial charge >= 0.3 is 0 Å². The Bertz CT molecular complexity index is 1280. The highest BCUT2D eigenvalue weighted by Crippen LogP contribution is 2.37. The summed E-state index contributed by atoms with van der Waals surface area (Å²) in [5.41, 5.74) is 2.28. The molecule has 0 aliphatic carbocycles. The third kappa shape index (κ3) is 4.26. The lowest BCUT2D eigenvalue weighted by Crippen LogP contribution is -2.35. The average Bonchev–Trinajstić information content (AvgIpc) is 3.06. The molecular weight excluding hydrogens is 479 g/mol. The summed E-state index contributed by atoms with van der Waals surface area (Å²) in [6, 6.07) is 15.6. The van der Waals surface area contributed by atoms with Crippen LogP contribution in [0.25, 0.3) is 0 Å². The first-order valence-electron chi connectivity index (χ1n) is 9.36. The van der Waals surface area contributed by atoms with Crippen LogP contribution in [0.5, 0.6) is 0 Å². The molecule has 1 atom stereocenters. The van der Waals surface area contributed by atoms with Gasteiger partial charge in [0.05, 0.1) is 20.6 Å². The van der Waals surface area contributed by atoms with E-state index in [0.717, 1.165) is 5.56 Å². The zero-order chi connectivity index (χ0) is 22.3. The highest BCUT2D eigenvalue weighted by Gasteiger charge is 2.36. The molecule has 0 radical (unpaired) electrons. The van der Waals surface area contributed by atoms with E-state index >= 15 is 0 Å². The summed E-state index contributed by atoms with van der Waals surface area (Å²) in [5, 5.41) is 3.97. The Labute approximate surface area is 195 Å². The van der Waals surface area contributed by atoms with E-state index in [1.54, 1.807) is 48.5 Å². The Morgan fingerprint density at radius 1 is 0.968 bits per heavy atom. The van der Waals surface area contributed by atoms with Crippen LogP contribution in [0.1, 0.15) is 22.8 Å². The Hall–Kier alpha value is -2.25. The van der Waals surface area contributed by atoms with Crippen LogP contribution in [0.2, 0.25) is 15.1 Å². The zero-order valence-electron chi connectivity index (χ0n) is 16.3. The first-order chi connectivity index (χ1) is 14.7. The van der Waals surface area contributed by atoms with Gasteiger partial charge in [0.15, 0.2) is 0 Å². The Morgan fingerprint density at radius 3 is 2.35 bits per heavy atom. The number of sulfonamides is 1. The number of amides is 1. The Balaban J connectivity index is 1.62. The number of rotatable bonds is 4. The van der Waals surface area contributed by atoms with Gasteiger partial charge in [-0.1, -0.05) is 34.8 Å². The molecule has 4 rings (SSSR count). The van der Waals surface area contributed by atoms with Gasteiger partial charge in [0.2, 0.25) is 0 Å². The number of anilines is 2. The maximum atomic E-state index is 13.2. The second kappa shape index (κ2) is 8.36. The number of fused-ring (bicyclic) bond motifs is 1. The molecule has 0 aromatic heterocycles. The van der Waals surface area contributed by atoms with Crippen LogP contribution in [-0.4, -0.2) is 20.4 Å². The second-order valence-electron chi connectivity index (χ2n) is 7.23. The largest absolute Gasteiger partial charge is 0.322 e. The van der Waals surface area contributed by atoms with E-state index in [9.17, 15) is 13.2 Å². The van der Waals surface area contributed by atoms with Gasteiger partial charge in [-0.25, -0.2) is 8.42 Å². The molecule has 1 amide bonds. The van der Waals surface area contributed by atoms with Crippen LogP contribution in [0.4, 0.5) is 11.4 Å². The Morgan fingerprint density at radius 2 is 1.68 bits per heavy atom. The molecule has 0 spiro atoms. The average molecular weight is 496 g/mol. The molecule has 0 saturated heterocycles. The van der Waals surface area contributed by atoms with Crippen molar-refractivity contribution in [1.82, 2.24) is 0 Å². The SMILES string of the molecule is C[C@@H]1Cc2cc(C(=O)Nc3ccc(Cl)c(Cl)c3)ccc2N1S(=O)(=O)c1ccc(Cl)cc1. The first-order valence-corrected chi connectivity index (χ1v) is 11.9. The van der Waals surface area contributed by atoms with E-state index in [-0.39, 0.29) is 16.8 Å². The van der Waals surface area contributed by atoms with Crippen molar-refractivity contribution in [1.29, 1.82) is 0 Å². The maximum Gasteiger partial charge on any atom is 0.264 e. The molecule has 0 unspecified atom stereocenters. The van der Waals surface area contributed by atoms with E-state index in [2.05, 4.69) is 5.32 Å². The number of halogens is 3. The summed E-state index contributed by atoms with van der Waals surface area (Å²) in [6.07, 6.45) is 0.496. The fraction of sp³-hybridized carbons (Fsp3) is 0.136. The van der Waals surface area contributed by atoms with Crippen LogP contribution in [0.3, 0.4) is 0 Å². The highest BCUT2D eigenvalue weighted by atomic mass is 35.5. The zero-order valence-corrected chi connectivity index (χ0v) is 19.4. The molecule has 5 nitrogen and oxygen atoms in total. The molecule has 0 fully saturated rings. The van der Waals surface area contributed by atoms with Crippen LogP contribution in [-0.2, 0) is 16.4 Å². The molecular formula is C22H17Cl3N2O3S. The van der Waals surface area contributed by atoms with Gasteiger partial charge < -0.3 is 5.32 Å². The standard InChI is InChI=1S/C22H17Cl3N2O3S/c1-13-10-15-11-14(22(28)26-17-5-8-19(24)20(25)12-17)2-9-21(15)27(13)31(29,30)18-6-3-16(23)4-7-18/h2-9,11-13H,10H2,1H3,(H,26,28)/t13-/m1/s1. The van der Waals surface area contributed by atoms with Crippen molar-refractivity contribution >= 4 is 62.1 Å². The van der Waals surface area contributed by atoms with Crippen molar-refractivity contribution in [2.75, 3.05) is 9.62 Å². The molecule has 31 heavy (non-hydrogen) atoms. The van der Waals surface area contributed by atoms with Crippen LogP contribution in [0.15, 0.2) is 65.6 Å². The third-order valence-corrected chi connectivity index (χ3v) is 7.98. The lowest BCUT2D eigenvalue weighted by molar-refractivity contribution is 0.102. The first kappa shape index (κ1) is 22.0. The van der Waals surface area contributed by atoms with Gasteiger partial charge in [-0.3, -0.25) is 9.10 Å². The summed E-state index contributed by atoms with van der Waals surface area (Å²) in [7, 11) is -3.76. The predicted octanol–water partition coefficient (Wildman–Crippen LogP) is 6.04. The minimum Gasteiger partial charge on any atom is -0.322 e. The number of nitrogens with one attached hydrogen (secondary N) is 1. The van der Waals surface area contributed by atoms with Crippen molar-refractivity contribution in [2.24, 2.45) is 0 Å². The fourth-order valence-corrected chi connectivity index (χ4v) is 5.72. The van der Waals surface area contributed by atoms with Gasteiger partial charge in [-0.2, -0.15) is 0 Å². The van der Waals surface area contributed by atoms with E-state index in [0.29, 0.717) is 38.4 Å². The molecule has 0 saturated carbocycles.